The molecule has 1 atom stereocenters. The minimum Gasteiger partial charge on any atom is -0.411 e. The van der Waals surface area contributed by atoms with Gasteiger partial charge in [-0.2, -0.15) is 0 Å². The molecule has 0 radical (unpaired) electrons. The Hall–Kier alpha value is -2.99. The normalized spacial score (nSPS) is 14.2. The van der Waals surface area contributed by atoms with Crippen molar-refractivity contribution >= 4 is 17.1 Å². The minimum absolute atomic E-state index is 0.144. The van der Waals surface area contributed by atoms with Crippen molar-refractivity contribution in [3.05, 3.63) is 71.8 Å². The molecular formula is C21H26N4O2. The molecule has 2 aromatic rings. The largest absolute Gasteiger partial charge is 0.411 e. The van der Waals surface area contributed by atoms with E-state index in [0.29, 0.717) is 30.2 Å². The van der Waals surface area contributed by atoms with Crippen LogP contribution in [-0.4, -0.2) is 40.6 Å². The zero-order valence-corrected chi connectivity index (χ0v) is 15.7. The lowest BCUT2D eigenvalue weighted by Gasteiger charge is -2.18. The predicted octanol–water partition coefficient (Wildman–Crippen LogP) is 3.90. The Bertz CT molecular complexity index is 786. The Morgan fingerprint density at radius 1 is 0.926 bits per heavy atom. The first-order valence-corrected chi connectivity index (χ1v) is 8.93. The van der Waals surface area contributed by atoms with Gasteiger partial charge in [-0.05, 0) is 32.4 Å². The van der Waals surface area contributed by atoms with E-state index in [2.05, 4.69) is 20.6 Å². The highest BCUT2D eigenvalue weighted by Crippen LogP contribution is 2.14. The van der Waals surface area contributed by atoms with Gasteiger partial charge in [-0.3, -0.25) is 4.99 Å². The minimum atomic E-state index is -0.144. The molecule has 6 nitrogen and oxygen atoms in total. The van der Waals surface area contributed by atoms with Crippen LogP contribution in [-0.2, 0) is 0 Å². The molecule has 2 aromatic carbocycles. The molecule has 3 N–H and O–H groups in total. The van der Waals surface area contributed by atoms with Crippen LogP contribution in [0.1, 0.15) is 37.4 Å². The lowest BCUT2D eigenvalue weighted by atomic mass is 10.0. The maximum Gasteiger partial charge on any atom is 0.102 e. The fourth-order valence-corrected chi connectivity index (χ4v) is 2.78. The molecule has 0 aliphatic rings. The molecule has 0 aromatic heterocycles. The second kappa shape index (κ2) is 10.9. The summed E-state index contributed by atoms with van der Waals surface area (Å²) in [6.07, 6.45) is 0.789. The smallest absolute Gasteiger partial charge is 0.102 e. The van der Waals surface area contributed by atoms with E-state index in [1.54, 1.807) is 13.8 Å². The first kappa shape index (κ1) is 20.3. The quantitative estimate of drug-likeness (QED) is 0.272. The molecule has 0 saturated heterocycles. The number of nitrogens with one attached hydrogen (secondary N) is 1. The van der Waals surface area contributed by atoms with Crippen molar-refractivity contribution < 1.29 is 10.4 Å². The number of aliphatic imine (C=N–C) groups is 1. The van der Waals surface area contributed by atoms with Crippen LogP contribution in [0, 0.1) is 0 Å². The van der Waals surface area contributed by atoms with E-state index >= 15 is 0 Å². The van der Waals surface area contributed by atoms with Gasteiger partial charge in [0.25, 0.3) is 0 Å². The molecule has 6 heteroatoms. The molecule has 142 valence electrons. The van der Waals surface area contributed by atoms with Crippen molar-refractivity contribution in [3.63, 3.8) is 0 Å². The summed E-state index contributed by atoms with van der Waals surface area (Å²) in [5.41, 5.74) is 3.75. The molecular weight excluding hydrogens is 340 g/mol. The molecule has 0 aliphatic carbocycles. The van der Waals surface area contributed by atoms with Crippen molar-refractivity contribution in [1.29, 1.82) is 0 Å². The molecule has 0 aliphatic heterocycles. The summed E-state index contributed by atoms with van der Waals surface area (Å²) in [5.74, 6) is 0. The molecule has 0 heterocycles. The van der Waals surface area contributed by atoms with Gasteiger partial charge >= 0.3 is 0 Å². The lowest BCUT2D eigenvalue weighted by Crippen LogP contribution is -2.28. The van der Waals surface area contributed by atoms with E-state index in [9.17, 15) is 0 Å². The number of oxime groups is 2. The zero-order valence-electron chi connectivity index (χ0n) is 15.7. The van der Waals surface area contributed by atoms with Crippen LogP contribution in [0.4, 0.5) is 0 Å². The summed E-state index contributed by atoms with van der Waals surface area (Å²) < 4.78 is 0. The van der Waals surface area contributed by atoms with Crippen molar-refractivity contribution in [2.45, 2.75) is 26.3 Å². The maximum absolute atomic E-state index is 9.15. The summed E-state index contributed by atoms with van der Waals surface area (Å²) in [6, 6.07) is 19.4. The highest BCUT2D eigenvalue weighted by atomic mass is 16.4. The predicted molar refractivity (Wildman–Crippen MR) is 109 cm³/mol. The van der Waals surface area contributed by atoms with Gasteiger partial charge in [0.2, 0.25) is 0 Å². The molecule has 0 saturated carbocycles. The number of hydrogen-bond donors (Lipinski definition) is 3. The third-order valence-electron chi connectivity index (χ3n) is 4.20. The summed E-state index contributed by atoms with van der Waals surface area (Å²) in [4.78, 5) is 4.61. The Morgan fingerprint density at radius 3 is 2.15 bits per heavy atom. The van der Waals surface area contributed by atoms with Crippen LogP contribution in [0.25, 0.3) is 0 Å². The zero-order chi connectivity index (χ0) is 19.5. The Morgan fingerprint density at radius 2 is 1.56 bits per heavy atom. The average Bonchev–Trinajstić information content (AvgIpc) is 2.73. The monoisotopic (exact) mass is 366 g/mol. The summed E-state index contributed by atoms with van der Waals surface area (Å²) in [7, 11) is 0. The second-order valence-electron chi connectivity index (χ2n) is 6.17. The van der Waals surface area contributed by atoms with E-state index in [0.717, 1.165) is 17.5 Å². The van der Waals surface area contributed by atoms with Crippen LogP contribution in [0.15, 0.2) is 76.0 Å². The molecule has 0 amide bonds. The van der Waals surface area contributed by atoms with Crippen LogP contribution < -0.4 is 5.32 Å². The van der Waals surface area contributed by atoms with E-state index in [-0.39, 0.29) is 6.04 Å². The fraction of sp³-hybridized carbons (Fsp3) is 0.286. The van der Waals surface area contributed by atoms with Gasteiger partial charge in [0.1, 0.15) is 5.71 Å². The van der Waals surface area contributed by atoms with Crippen molar-refractivity contribution in [2.75, 3.05) is 13.1 Å². The lowest BCUT2D eigenvalue weighted by molar-refractivity contribution is 0.315. The molecule has 1 unspecified atom stereocenters. The van der Waals surface area contributed by atoms with E-state index in [4.69, 9.17) is 10.4 Å². The van der Waals surface area contributed by atoms with Crippen LogP contribution in [0.5, 0.6) is 0 Å². The van der Waals surface area contributed by atoms with Gasteiger partial charge in [-0.1, -0.05) is 71.0 Å². The number of rotatable bonds is 9. The standard InChI is InChI=1S/C21H26N4O2/c1-16(24-26)20(18-10-5-3-6-11-18)22-14-9-15-23-21(17(2)25-27)19-12-7-4-8-13-19/h3-8,10-13,20,22,26-27H,9,14-15H2,1-2H3/b23-21?,24-16-,25-17+. The summed E-state index contributed by atoms with van der Waals surface area (Å²) >= 11 is 0. The van der Waals surface area contributed by atoms with Gasteiger partial charge in [0, 0.05) is 12.1 Å². The Kier molecular flexibility index (Phi) is 8.19. The molecule has 0 bridgehead atoms. The van der Waals surface area contributed by atoms with E-state index < -0.39 is 0 Å². The highest BCUT2D eigenvalue weighted by Gasteiger charge is 2.14. The SMILES string of the molecule is C/C(=N/O)C(NCCCN=C(/C(C)=N/O)c1ccccc1)c1ccccc1. The van der Waals surface area contributed by atoms with Gasteiger partial charge in [-0.15, -0.1) is 0 Å². The third kappa shape index (κ3) is 6.04. The Balaban J connectivity index is 1.98. The number of hydrogen-bond acceptors (Lipinski definition) is 6. The van der Waals surface area contributed by atoms with Crippen LogP contribution in [0.2, 0.25) is 0 Å². The van der Waals surface area contributed by atoms with Crippen LogP contribution >= 0.6 is 0 Å². The van der Waals surface area contributed by atoms with Gasteiger partial charge in [0.15, 0.2) is 0 Å². The number of nitrogens with zero attached hydrogens (tertiary/aromatic N) is 3. The summed E-state index contributed by atoms with van der Waals surface area (Å²) in [5, 5.41) is 28.3. The van der Waals surface area contributed by atoms with Gasteiger partial charge in [0.05, 0.1) is 17.5 Å². The maximum atomic E-state index is 9.15. The first-order valence-electron chi connectivity index (χ1n) is 8.93. The van der Waals surface area contributed by atoms with Crippen molar-refractivity contribution in [1.82, 2.24) is 5.32 Å². The second-order valence-corrected chi connectivity index (χ2v) is 6.17. The first-order chi connectivity index (χ1) is 13.2. The van der Waals surface area contributed by atoms with Gasteiger partial charge in [-0.25, -0.2) is 0 Å². The fourth-order valence-electron chi connectivity index (χ4n) is 2.78. The summed E-state index contributed by atoms with van der Waals surface area (Å²) in [6.45, 7) is 4.81. The van der Waals surface area contributed by atoms with E-state index in [1.165, 1.54) is 0 Å². The molecule has 0 fully saturated rings. The van der Waals surface area contributed by atoms with Crippen molar-refractivity contribution in [2.24, 2.45) is 15.3 Å². The average molecular weight is 366 g/mol. The molecule has 0 spiro atoms. The number of benzene rings is 2. The topological polar surface area (TPSA) is 89.6 Å². The third-order valence-corrected chi connectivity index (χ3v) is 4.20. The van der Waals surface area contributed by atoms with Crippen LogP contribution in [0.3, 0.4) is 0 Å². The van der Waals surface area contributed by atoms with E-state index in [1.807, 2.05) is 60.7 Å². The highest BCUT2D eigenvalue weighted by molar-refractivity contribution is 6.47. The molecule has 27 heavy (non-hydrogen) atoms. The molecule has 2 rings (SSSR count). The van der Waals surface area contributed by atoms with Crippen molar-refractivity contribution in [3.8, 4) is 0 Å². The van der Waals surface area contributed by atoms with Gasteiger partial charge < -0.3 is 15.7 Å². The Labute approximate surface area is 160 Å².